The lowest BCUT2D eigenvalue weighted by Gasteiger charge is -2.11. The van der Waals surface area contributed by atoms with Gasteiger partial charge in [-0.05, 0) is 0 Å². The largest absolute Gasteiger partial charge is 0.480 e. The number of carboxylic acid groups (broad SMARTS) is 1. The normalized spacial score (nSPS) is 12.1. The van der Waals surface area contributed by atoms with Gasteiger partial charge in [0.05, 0.1) is 19.3 Å². The third kappa shape index (κ3) is 3.79. The molecule has 1 unspecified atom stereocenters. The van der Waals surface area contributed by atoms with Crippen LogP contribution in [0.5, 0.6) is 0 Å². The topological polar surface area (TPSA) is 132 Å². The van der Waals surface area contributed by atoms with Crippen LogP contribution in [0.1, 0.15) is 10.5 Å². The van der Waals surface area contributed by atoms with Crippen LogP contribution in [0.2, 0.25) is 0 Å². The highest BCUT2D eigenvalue weighted by atomic mass is 16.5. The van der Waals surface area contributed by atoms with E-state index in [1.807, 2.05) is 0 Å². The van der Waals surface area contributed by atoms with E-state index in [0.717, 1.165) is 0 Å². The molecule has 1 amide bonds. The molecule has 4 N–H and O–H groups in total. The average Bonchev–Trinajstić information content (AvgIpc) is 2.77. The van der Waals surface area contributed by atoms with Crippen molar-refractivity contribution in [3.05, 3.63) is 11.9 Å². The molecule has 0 aromatic carbocycles. The van der Waals surface area contributed by atoms with Crippen LogP contribution in [0.3, 0.4) is 0 Å². The van der Waals surface area contributed by atoms with E-state index in [2.05, 4.69) is 15.6 Å². The van der Waals surface area contributed by atoms with Gasteiger partial charge in [0, 0.05) is 13.7 Å². The lowest BCUT2D eigenvalue weighted by molar-refractivity contribution is -0.140. The van der Waals surface area contributed by atoms with Crippen molar-refractivity contribution in [2.45, 2.75) is 12.6 Å². The summed E-state index contributed by atoms with van der Waals surface area (Å²) < 4.78 is 6.10. The van der Waals surface area contributed by atoms with Gasteiger partial charge in [-0.3, -0.25) is 9.48 Å². The first-order valence-corrected chi connectivity index (χ1v) is 5.21. The lowest BCUT2D eigenvalue weighted by Crippen LogP contribution is -2.43. The molecule has 0 fully saturated rings. The Morgan fingerprint density at radius 2 is 2.39 bits per heavy atom. The zero-order valence-corrected chi connectivity index (χ0v) is 9.87. The number of amides is 1. The summed E-state index contributed by atoms with van der Waals surface area (Å²) in [6.07, 6.45) is 1.40. The molecule has 1 heterocycles. The fraction of sp³-hybridized carbons (Fsp3) is 0.556. The van der Waals surface area contributed by atoms with Crippen LogP contribution in [0, 0.1) is 0 Å². The van der Waals surface area contributed by atoms with Gasteiger partial charge in [0.1, 0.15) is 0 Å². The van der Waals surface area contributed by atoms with Crippen molar-refractivity contribution in [2.75, 3.05) is 20.3 Å². The summed E-state index contributed by atoms with van der Waals surface area (Å²) in [5.74, 6) is -1.80. The molecular weight excluding hydrogens is 242 g/mol. The number of methoxy groups -OCH3 is 1. The highest BCUT2D eigenvalue weighted by molar-refractivity contribution is 5.94. The first kappa shape index (κ1) is 14.1. The first-order chi connectivity index (χ1) is 8.58. The van der Waals surface area contributed by atoms with E-state index < -0.39 is 17.9 Å². The van der Waals surface area contributed by atoms with E-state index >= 15 is 0 Å². The van der Waals surface area contributed by atoms with E-state index in [9.17, 15) is 9.59 Å². The molecule has 1 atom stereocenters. The van der Waals surface area contributed by atoms with Crippen LogP contribution in [-0.4, -0.2) is 58.3 Å². The predicted molar refractivity (Wildman–Crippen MR) is 59.8 cm³/mol. The molecule has 1 rings (SSSR count). The van der Waals surface area contributed by atoms with Crippen molar-refractivity contribution in [2.24, 2.45) is 5.73 Å². The Kier molecular flexibility index (Phi) is 5.21. The SMILES string of the molecule is COCC(NC(=O)c1cn(CCN)nn1)C(=O)O. The van der Waals surface area contributed by atoms with E-state index in [4.69, 9.17) is 15.6 Å². The maximum absolute atomic E-state index is 11.7. The maximum Gasteiger partial charge on any atom is 0.328 e. The minimum Gasteiger partial charge on any atom is -0.480 e. The minimum atomic E-state index is -1.18. The molecule has 100 valence electrons. The molecule has 1 aromatic heterocycles. The first-order valence-electron chi connectivity index (χ1n) is 5.21. The number of aromatic nitrogens is 3. The Balaban J connectivity index is 2.64. The second kappa shape index (κ2) is 6.67. The van der Waals surface area contributed by atoms with Crippen LogP contribution < -0.4 is 11.1 Å². The van der Waals surface area contributed by atoms with Crippen molar-refractivity contribution in [1.29, 1.82) is 0 Å². The van der Waals surface area contributed by atoms with Gasteiger partial charge in [-0.2, -0.15) is 0 Å². The second-order valence-electron chi connectivity index (χ2n) is 3.48. The number of nitrogens with one attached hydrogen (secondary N) is 1. The molecule has 0 bridgehead atoms. The quantitative estimate of drug-likeness (QED) is 0.518. The van der Waals surface area contributed by atoms with Crippen molar-refractivity contribution < 1.29 is 19.4 Å². The highest BCUT2D eigenvalue weighted by Gasteiger charge is 2.21. The second-order valence-corrected chi connectivity index (χ2v) is 3.48. The molecule has 0 saturated carbocycles. The van der Waals surface area contributed by atoms with E-state index in [1.165, 1.54) is 18.0 Å². The van der Waals surface area contributed by atoms with Crippen LogP contribution in [-0.2, 0) is 16.1 Å². The molecular formula is C9H15N5O4. The molecule has 0 aliphatic rings. The van der Waals surface area contributed by atoms with Gasteiger partial charge in [-0.25, -0.2) is 4.79 Å². The Hall–Kier alpha value is -2.00. The number of carbonyl (C=O) groups is 2. The van der Waals surface area contributed by atoms with Crippen molar-refractivity contribution in [3.8, 4) is 0 Å². The van der Waals surface area contributed by atoms with E-state index in [0.29, 0.717) is 13.1 Å². The number of aliphatic carboxylic acids is 1. The smallest absolute Gasteiger partial charge is 0.328 e. The number of nitrogens with zero attached hydrogens (tertiary/aromatic N) is 3. The van der Waals surface area contributed by atoms with Crippen molar-refractivity contribution in [1.82, 2.24) is 20.3 Å². The van der Waals surface area contributed by atoms with Gasteiger partial charge in [-0.15, -0.1) is 5.10 Å². The Labute approximate surface area is 103 Å². The molecule has 9 nitrogen and oxygen atoms in total. The number of rotatable bonds is 7. The van der Waals surface area contributed by atoms with Gasteiger partial charge in [0.25, 0.3) is 5.91 Å². The predicted octanol–water partition coefficient (Wildman–Crippen LogP) is -1.93. The fourth-order valence-corrected chi connectivity index (χ4v) is 1.22. The highest BCUT2D eigenvalue weighted by Crippen LogP contribution is 1.95. The molecule has 18 heavy (non-hydrogen) atoms. The molecule has 0 spiro atoms. The van der Waals surface area contributed by atoms with Crippen LogP contribution in [0.25, 0.3) is 0 Å². The van der Waals surface area contributed by atoms with Crippen LogP contribution in [0.4, 0.5) is 0 Å². The molecule has 9 heteroatoms. The monoisotopic (exact) mass is 257 g/mol. The number of hydrogen-bond donors (Lipinski definition) is 3. The molecule has 1 aromatic rings. The summed E-state index contributed by atoms with van der Waals surface area (Å²) in [6, 6.07) is -1.12. The number of carboxylic acids is 1. The molecule has 0 radical (unpaired) electrons. The Morgan fingerprint density at radius 1 is 1.67 bits per heavy atom. The van der Waals surface area contributed by atoms with Crippen LogP contribution in [0.15, 0.2) is 6.20 Å². The number of nitrogens with two attached hydrogens (primary N) is 1. The van der Waals surface area contributed by atoms with Crippen LogP contribution >= 0.6 is 0 Å². The van der Waals surface area contributed by atoms with E-state index in [1.54, 1.807) is 0 Å². The van der Waals surface area contributed by atoms with Crippen molar-refractivity contribution >= 4 is 11.9 Å². The standard InChI is InChI=1S/C9H15N5O4/c1-18-5-7(9(16)17)11-8(15)6-4-14(3-2-10)13-12-6/h4,7H,2-3,5,10H2,1H3,(H,11,15)(H,16,17). The summed E-state index contributed by atoms with van der Waals surface area (Å²) in [7, 11) is 1.35. The van der Waals surface area contributed by atoms with Gasteiger partial charge >= 0.3 is 5.97 Å². The fourth-order valence-electron chi connectivity index (χ4n) is 1.22. The number of hydrogen-bond acceptors (Lipinski definition) is 6. The molecule has 0 aliphatic carbocycles. The van der Waals surface area contributed by atoms with Gasteiger partial charge in [0.2, 0.25) is 0 Å². The molecule has 0 saturated heterocycles. The summed E-state index contributed by atoms with van der Waals surface area (Å²) in [4.78, 5) is 22.5. The summed E-state index contributed by atoms with van der Waals surface area (Å²) in [5, 5.41) is 18.4. The van der Waals surface area contributed by atoms with Gasteiger partial charge < -0.3 is 20.9 Å². The van der Waals surface area contributed by atoms with Crippen molar-refractivity contribution in [3.63, 3.8) is 0 Å². The lowest BCUT2D eigenvalue weighted by atomic mass is 10.3. The number of ether oxygens (including phenoxy) is 1. The van der Waals surface area contributed by atoms with Gasteiger partial charge in [0.15, 0.2) is 11.7 Å². The Bertz CT molecular complexity index is 419. The third-order valence-corrected chi connectivity index (χ3v) is 2.07. The Morgan fingerprint density at radius 3 is 2.94 bits per heavy atom. The zero-order valence-electron chi connectivity index (χ0n) is 9.87. The minimum absolute atomic E-state index is 0.0332. The summed E-state index contributed by atoms with van der Waals surface area (Å²) >= 11 is 0. The third-order valence-electron chi connectivity index (χ3n) is 2.07. The molecule has 0 aliphatic heterocycles. The maximum atomic E-state index is 11.7. The average molecular weight is 257 g/mol. The number of carbonyl (C=O) groups excluding carboxylic acids is 1. The van der Waals surface area contributed by atoms with E-state index in [-0.39, 0.29) is 12.3 Å². The summed E-state index contributed by atoms with van der Waals surface area (Å²) in [5.41, 5.74) is 5.36. The summed E-state index contributed by atoms with van der Waals surface area (Å²) in [6.45, 7) is 0.671. The van der Waals surface area contributed by atoms with Gasteiger partial charge in [-0.1, -0.05) is 5.21 Å². The zero-order chi connectivity index (χ0) is 13.5.